The zero-order valence-electron chi connectivity index (χ0n) is 11.6. The largest absolute Gasteiger partial charge is 0.504 e. The van der Waals surface area contributed by atoms with E-state index < -0.39 is 0 Å². The van der Waals surface area contributed by atoms with Crippen molar-refractivity contribution < 1.29 is 14.6 Å². The van der Waals surface area contributed by atoms with E-state index in [0.717, 1.165) is 25.0 Å². The van der Waals surface area contributed by atoms with E-state index >= 15 is 0 Å². The third-order valence-corrected chi connectivity index (χ3v) is 2.56. The zero-order chi connectivity index (χ0) is 13.9. The Labute approximate surface area is 115 Å². The molecule has 1 N–H and O–H groups in total. The summed E-state index contributed by atoms with van der Waals surface area (Å²) in [6.07, 6.45) is 10.2. The summed E-state index contributed by atoms with van der Waals surface area (Å²) >= 11 is 0. The van der Waals surface area contributed by atoms with Crippen LogP contribution in [0.5, 0.6) is 11.5 Å². The lowest BCUT2D eigenvalue weighted by molar-refractivity contribution is 0.168. The number of methoxy groups -OCH3 is 1. The normalized spacial score (nSPS) is 11.5. The Morgan fingerprint density at radius 1 is 1.21 bits per heavy atom. The molecule has 0 aliphatic rings. The molecule has 1 aromatic carbocycles. The number of aromatic hydroxyl groups is 1. The van der Waals surface area contributed by atoms with Gasteiger partial charge in [-0.05, 0) is 30.5 Å². The molecular weight excluding hydrogens is 240 g/mol. The molecule has 0 radical (unpaired) electrons. The highest BCUT2D eigenvalue weighted by Gasteiger charge is 1.99. The van der Waals surface area contributed by atoms with Gasteiger partial charge in [0, 0.05) is 0 Å². The minimum Gasteiger partial charge on any atom is -0.504 e. The number of rotatable bonds is 8. The van der Waals surface area contributed by atoms with Gasteiger partial charge in [0.2, 0.25) is 0 Å². The lowest BCUT2D eigenvalue weighted by Gasteiger charge is -2.03. The van der Waals surface area contributed by atoms with E-state index in [2.05, 4.69) is 19.1 Å². The van der Waals surface area contributed by atoms with Gasteiger partial charge in [0.1, 0.15) is 0 Å². The first kappa shape index (κ1) is 15.3. The fourth-order valence-corrected chi connectivity index (χ4v) is 1.57. The molecule has 1 rings (SSSR count). The van der Waals surface area contributed by atoms with Gasteiger partial charge in [-0.15, -0.1) is 0 Å². The molecule has 0 bridgehead atoms. The molecule has 0 aromatic heterocycles. The highest BCUT2D eigenvalue weighted by atomic mass is 16.5. The van der Waals surface area contributed by atoms with Gasteiger partial charge in [0.25, 0.3) is 0 Å². The van der Waals surface area contributed by atoms with Crippen molar-refractivity contribution in [3.8, 4) is 11.5 Å². The summed E-state index contributed by atoms with van der Waals surface area (Å²) in [6, 6.07) is 5.24. The average molecular weight is 262 g/mol. The van der Waals surface area contributed by atoms with E-state index in [1.807, 2.05) is 18.2 Å². The van der Waals surface area contributed by atoms with Crippen LogP contribution in [0, 0.1) is 0 Å². The van der Waals surface area contributed by atoms with E-state index in [0.29, 0.717) is 12.4 Å². The SMILES string of the molecule is CC/C=C\CCOCC=Cc1ccc(O)c(OC)c1. The Hall–Kier alpha value is -1.74. The fraction of sp³-hybridized carbons (Fsp3) is 0.375. The van der Waals surface area contributed by atoms with Crippen LogP contribution in [0.2, 0.25) is 0 Å². The average Bonchev–Trinajstić information content (AvgIpc) is 2.43. The first-order chi connectivity index (χ1) is 9.27. The topological polar surface area (TPSA) is 38.7 Å². The second-order valence-electron chi connectivity index (χ2n) is 4.08. The summed E-state index contributed by atoms with van der Waals surface area (Å²) < 4.78 is 10.5. The molecule has 0 atom stereocenters. The monoisotopic (exact) mass is 262 g/mol. The maximum atomic E-state index is 9.47. The number of ether oxygens (including phenoxy) is 2. The molecule has 19 heavy (non-hydrogen) atoms. The predicted molar refractivity (Wildman–Crippen MR) is 78.6 cm³/mol. The van der Waals surface area contributed by atoms with Crippen LogP contribution in [0.3, 0.4) is 0 Å². The molecule has 104 valence electrons. The summed E-state index contributed by atoms with van der Waals surface area (Å²) in [5.74, 6) is 0.631. The molecule has 0 fully saturated rings. The Morgan fingerprint density at radius 3 is 2.79 bits per heavy atom. The fourth-order valence-electron chi connectivity index (χ4n) is 1.57. The quantitative estimate of drug-likeness (QED) is 0.572. The van der Waals surface area contributed by atoms with Crippen LogP contribution >= 0.6 is 0 Å². The van der Waals surface area contributed by atoms with Crippen molar-refractivity contribution in [2.75, 3.05) is 20.3 Å². The standard InChI is InChI=1S/C16H22O3/c1-3-4-5-6-11-19-12-7-8-14-9-10-15(17)16(13-14)18-2/h4-5,7-10,13,17H,3,6,11-12H2,1-2H3/b5-4-,8-7?. The van der Waals surface area contributed by atoms with Gasteiger partial charge in [0.05, 0.1) is 20.3 Å². The molecule has 0 unspecified atom stereocenters. The lowest BCUT2D eigenvalue weighted by atomic mass is 10.2. The van der Waals surface area contributed by atoms with Gasteiger partial charge in [-0.1, -0.05) is 37.3 Å². The van der Waals surface area contributed by atoms with Gasteiger partial charge in [-0.25, -0.2) is 0 Å². The smallest absolute Gasteiger partial charge is 0.161 e. The van der Waals surface area contributed by atoms with Crippen LogP contribution in [0.15, 0.2) is 36.4 Å². The number of phenols is 1. The van der Waals surface area contributed by atoms with E-state index in [1.54, 1.807) is 12.1 Å². The molecule has 0 saturated heterocycles. The number of allylic oxidation sites excluding steroid dienone is 1. The molecule has 0 spiro atoms. The van der Waals surface area contributed by atoms with Crippen molar-refractivity contribution in [1.82, 2.24) is 0 Å². The van der Waals surface area contributed by atoms with Crippen LogP contribution in [-0.4, -0.2) is 25.4 Å². The van der Waals surface area contributed by atoms with Crippen LogP contribution in [0.1, 0.15) is 25.3 Å². The second kappa shape index (κ2) is 9.22. The molecule has 3 nitrogen and oxygen atoms in total. The molecule has 0 heterocycles. The van der Waals surface area contributed by atoms with E-state index in [-0.39, 0.29) is 5.75 Å². The molecular formula is C16H22O3. The third kappa shape index (κ3) is 6.11. The van der Waals surface area contributed by atoms with E-state index in [9.17, 15) is 5.11 Å². The molecule has 0 saturated carbocycles. The highest BCUT2D eigenvalue weighted by molar-refractivity contribution is 5.55. The van der Waals surface area contributed by atoms with E-state index in [4.69, 9.17) is 9.47 Å². The van der Waals surface area contributed by atoms with Crippen molar-refractivity contribution in [3.05, 3.63) is 42.0 Å². The first-order valence-electron chi connectivity index (χ1n) is 6.54. The number of phenolic OH excluding ortho intramolecular Hbond substituents is 1. The maximum absolute atomic E-state index is 9.47. The Morgan fingerprint density at radius 2 is 2.05 bits per heavy atom. The van der Waals surface area contributed by atoms with Gasteiger partial charge in [0.15, 0.2) is 11.5 Å². The summed E-state index contributed by atoms with van der Waals surface area (Å²) in [5, 5.41) is 9.47. The number of hydrogen-bond acceptors (Lipinski definition) is 3. The van der Waals surface area contributed by atoms with Gasteiger partial charge >= 0.3 is 0 Å². The summed E-state index contributed by atoms with van der Waals surface area (Å²) in [5.41, 5.74) is 0.976. The van der Waals surface area contributed by atoms with Gasteiger partial charge < -0.3 is 14.6 Å². The van der Waals surface area contributed by atoms with Gasteiger partial charge in [-0.3, -0.25) is 0 Å². The lowest BCUT2D eigenvalue weighted by Crippen LogP contribution is -1.92. The minimum atomic E-state index is 0.151. The molecule has 0 amide bonds. The van der Waals surface area contributed by atoms with Crippen LogP contribution in [-0.2, 0) is 4.74 Å². The zero-order valence-corrected chi connectivity index (χ0v) is 11.6. The maximum Gasteiger partial charge on any atom is 0.161 e. The summed E-state index contributed by atoms with van der Waals surface area (Å²) in [4.78, 5) is 0. The van der Waals surface area contributed by atoms with Crippen molar-refractivity contribution >= 4 is 6.08 Å². The third-order valence-electron chi connectivity index (χ3n) is 2.56. The number of hydrogen-bond donors (Lipinski definition) is 1. The molecule has 0 aliphatic heterocycles. The molecule has 3 heteroatoms. The number of benzene rings is 1. The molecule has 0 aliphatic carbocycles. The first-order valence-corrected chi connectivity index (χ1v) is 6.54. The minimum absolute atomic E-state index is 0.151. The summed E-state index contributed by atoms with van der Waals surface area (Å²) in [6.45, 7) is 3.44. The van der Waals surface area contributed by atoms with Gasteiger partial charge in [-0.2, -0.15) is 0 Å². The second-order valence-corrected chi connectivity index (χ2v) is 4.08. The van der Waals surface area contributed by atoms with Crippen LogP contribution in [0.25, 0.3) is 6.08 Å². The summed E-state index contributed by atoms with van der Waals surface area (Å²) in [7, 11) is 1.54. The van der Waals surface area contributed by atoms with Crippen molar-refractivity contribution in [2.45, 2.75) is 19.8 Å². The Balaban J connectivity index is 2.30. The van der Waals surface area contributed by atoms with E-state index in [1.165, 1.54) is 7.11 Å². The Bertz CT molecular complexity index is 422. The van der Waals surface area contributed by atoms with Crippen molar-refractivity contribution in [2.24, 2.45) is 0 Å². The highest BCUT2D eigenvalue weighted by Crippen LogP contribution is 2.26. The van der Waals surface area contributed by atoms with Crippen molar-refractivity contribution in [1.29, 1.82) is 0 Å². The van der Waals surface area contributed by atoms with Crippen LogP contribution in [0.4, 0.5) is 0 Å². The predicted octanol–water partition coefficient (Wildman–Crippen LogP) is 3.79. The molecule has 1 aromatic rings. The van der Waals surface area contributed by atoms with Crippen molar-refractivity contribution in [3.63, 3.8) is 0 Å². The van der Waals surface area contributed by atoms with Crippen LogP contribution < -0.4 is 4.74 Å². The Kier molecular flexibility index (Phi) is 7.44.